The number of hydrogen-bond donors (Lipinski definition) is 1. The van der Waals surface area contributed by atoms with Gasteiger partial charge in [-0.1, -0.05) is 19.4 Å². The van der Waals surface area contributed by atoms with E-state index < -0.39 is 0 Å². The fourth-order valence-electron chi connectivity index (χ4n) is 2.58. The standard InChI is InChI=1S/C15H21FN2O/c1-3-11-8-9-18(10-11)15(19)12-6-5-7-13(16)14(12)17-4-2/h5-7,11,17H,3-4,8-10H2,1-2H3. The summed E-state index contributed by atoms with van der Waals surface area (Å²) in [5, 5.41) is 2.95. The van der Waals surface area contributed by atoms with Gasteiger partial charge in [0.25, 0.3) is 5.91 Å². The fraction of sp³-hybridized carbons (Fsp3) is 0.533. The van der Waals surface area contributed by atoms with Crippen LogP contribution in [0.1, 0.15) is 37.0 Å². The maximum Gasteiger partial charge on any atom is 0.256 e. The van der Waals surface area contributed by atoms with Crippen molar-refractivity contribution < 1.29 is 9.18 Å². The van der Waals surface area contributed by atoms with Crippen LogP contribution in [-0.4, -0.2) is 30.4 Å². The van der Waals surface area contributed by atoms with Gasteiger partial charge in [-0.15, -0.1) is 0 Å². The summed E-state index contributed by atoms with van der Waals surface area (Å²) in [5.41, 5.74) is 0.772. The molecule has 1 unspecified atom stereocenters. The number of likely N-dealkylation sites (tertiary alicyclic amines) is 1. The maximum atomic E-state index is 13.8. The van der Waals surface area contributed by atoms with Crippen LogP contribution in [0.15, 0.2) is 18.2 Å². The first-order valence-electron chi connectivity index (χ1n) is 6.99. The van der Waals surface area contributed by atoms with Gasteiger partial charge in [0.05, 0.1) is 11.3 Å². The van der Waals surface area contributed by atoms with E-state index in [1.807, 2.05) is 11.8 Å². The zero-order valence-corrected chi connectivity index (χ0v) is 11.6. The van der Waals surface area contributed by atoms with E-state index in [0.29, 0.717) is 23.7 Å². The van der Waals surface area contributed by atoms with Crippen molar-refractivity contribution >= 4 is 11.6 Å². The van der Waals surface area contributed by atoms with Gasteiger partial charge < -0.3 is 10.2 Å². The Morgan fingerprint density at radius 2 is 2.26 bits per heavy atom. The third-order valence-electron chi connectivity index (χ3n) is 3.75. The number of rotatable bonds is 4. The Kier molecular flexibility index (Phi) is 4.40. The van der Waals surface area contributed by atoms with Crippen LogP contribution in [0.5, 0.6) is 0 Å². The van der Waals surface area contributed by atoms with Crippen molar-refractivity contribution in [1.82, 2.24) is 4.90 Å². The molecule has 1 aromatic carbocycles. The molecule has 104 valence electrons. The molecule has 0 radical (unpaired) electrons. The second-order valence-corrected chi connectivity index (χ2v) is 5.01. The zero-order chi connectivity index (χ0) is 13.8. The summed E-state index contributed by atoms with van der Waals surface area (Å²) in [7, 11) is 0. The number of para-hydroxylation sites is 1. The third kappa shape index (κ3) is 2.88. The molecule has 1 amide bonds. The summed E-state index contributed by atoms with van der Waals surface area (Å²) < 4.78 is 13.8. The monoisotopic (exact) mass is 264 g/mol. The highest BCUT2D eigenvalue weighted by atomic mass is 19.1. The SMILES string of the molecule is CCNc1c(F)cccc1C(=O)N1CCC(CC)C1. The van der Waals surface area contributed by atoms with Crippen molar-refractivity contribution in [2.45, 2.75) is 26.7 Å². The fourth-order valence-corrected chi connectivity index (χ4v) is 2.58. The number of nitrogens with zero attached hydrogens (tertiary/aromatic N) is 1. The molecule has 4 heteroatoms. The van der Waals surface area contributed by atoms with Gasteiger partial charge >= 0.3 is 0 Å². The predicted molar refractivity (Wildman–Crippen MR) is 74.9 cm³/mol. The highest BCUT2D eigenvalue weighted by molar-refractivity contribution is 5.99. The first-order valence-corrected chi connectivity index (χ1v) is 6.99. The minimum Gasteiger partial charge on any atom is -0.382 e. The summed E-state index contributed by atoms with van der Waals surface area (Å²) in [6, 6.07) is 4.67. The summed E-state index contributed by atoms with van der Waals surface area (Å²) >= 11 is 0. The average molecular weight is 264 g/mol. The topological polar surface area (TPSA) is 32.3 Å². The quantitative estimate of drug-likeness (QED) is 0.906. The van der Waals surface area contributed by atoms with Crippen molar-refractivity contribution in [3.05, 3.63) is 29.6 Å². The molecule has 0 spiro atoms. The molecule has 0 saturated carbocycles. The highest BCUT2D eigenvalue weighted by Gasteiger charge is 2.27. The van der Waals surface area contributed by atoms with Gasteiger partial charge in [-0.25, -0.2) is 4.39 Å². The lowest BCUT2D eigenvalue weighted by molar-refractivity contribution is 0.0787. The van der Waals surface area contributed by atoms with Gasteiger partial charge in [0.2, 0.25) is 0 Å². The molecule has 1 saturated heterocycles. The Morgan fingerprint density at radius 3 is 2.89 bits per heavy atom. The minimum absolute atomic E-state index is 0.0635. The summed E-state index contributed by atoms with van der Waals surface area (Å²) in [5.74, 6) is 0.158. The Morgan fingerprint density at radius 1 is 1.47 bits per heavy atom. The molecule has 1 fully saturated rings. The first-order chi connectivity index (χ1) is 9.17. The lowest BCUT2D eigenvalue weighted by atomic mass is 10.1. The van der Waals surface area contributed by atoms with Gasteiger partial charge in [0.1, 0.15) is 5.82 Å². The van der Waals surface area contributed by atoms with Crippen molar-refractivity contribution in [3.8, 4) is 0 Å². The van der Waals surface area contributed by atoms with E-state index in [9.17, 15) is 9.18 Å². The van der Waals surface area contributed by atoms with Crippen LogP contribution in [-0.2, 0) is 0 Å². The van der Waals surface area contributed by atoms with E-state index in [4.69, 9.17) is 0 Å². The second-order valence-electron chi connectivity index (χ2n) is 5.01. The molecule has 19 heavy (non-hydrogen) atoms. The van der Waals surface area contributed by atoms with Crippen LogP contribution in [0.3, 0.4) is 0 Å². The number of benzene rings is 1. The number of halogens is 1. The summed E-state index contributed by atoms with van der Waals surface area (Å²) in [6.45, 7) is 6.20. The van der Waals surface area contributed by atoms with Crippen LogP contribution in [0.2, 0.25) is 0 Å². The Balaban J connectivity index is 2.22. The smallest absolute Gasteiger partial charge is 0.256 e. The molecule has 1 N–H and O–H groups in total. The van der Waals surface area contributed by atoms with Crippen LogP contribution in [0.4, 0.5) is 10.1 Å². The molecule has 0 aliphatic carbocycles. The van der Waals surface area contributed by atoms with Crippen LogP contribution in [0, 0.1) is 11.7 Å². The molecule has 1 atom stereocenters. The van der Waals surface area contributed by atoms with E-state index in [2.05, 4.69) is 12.2 Å². The molecule has 1 aromatic rings. The Hall–Kier alpha value is -1.58. The second kappa shape index (κ2) is 6.04. The molecular formula is C15H21FN2O. The largest absolute Gasteiger partial charge is 0.382 e. The summed E-state index contributed by atoms with van der Waals surface area (Å²) in [6.07, 6.45) is 2.14. The van der Waals surface area contributed by atoms with E-state index in [1.54, 1.807) is 12.1 Å². The van der Waals surface area contributed by atoms with Crippen molar-refractivity contribution in [1.29, 1.82) is 0 Å². The number of amides is 1. The molecular weight excluding hydrogens is 243 g/mol. The molecule has 0 bridgehead atoms. The molecule has 1 aliphatic heterocycles. The van der Waals surface area contributed by atoms with Gasteiger partial charge in [0, 0.05) is 19.6 Å². The van der Waals surface area contributed by atoms with Gasteiger partial charge in [-0.3, -0.25) is 4.79 Å². The van der Waals surface area contributed by atoms with Crippen LogP contribution >= 0.6 is 0 Å². The number of hydrogen-bond acceptors (Lipinski definition) is 2. The molecule has 1 heterocycles. The molecule has 2 rings (SSSR count). The Labute approximate surface area is 113 Å². The number of carbonyl (C=O) groups excluding carboxylic acids is 1. The van der Waals surface area contributed by atoms with Gasteiger partial charge in [-0.2, -0.15) is 0 Å². The highest BCUT2D eigenvalue weighted by Crippen LogP contribution is 2.25. The lowest BCUT2D eigenvalue weighted by Crippen LogP contribution is -2.29. The van der Waals surface area contributed by atoms with Crippen LogP contribution < -0.4 is 5.32 Å². The minimum atomic E-state index is -0.362. The van der Waals surface area contributed by atoms with Crippen molar-refractivity contribution in [2.75, 3.05) is 25.0 Å². The van der Waals surface area contributed by atoms with Crippen molar-refractivity contribution in [3.63, 3.8) is 0 Å². The number of carbonyl (C=O) groups is 1. The zero-order valence-electron chi connectivity index (χ0n) is 11.6. The van der Waals surface area contributed by atoms with Crippen LogP contribution in [0.25, 0.3) is 0 Å². The van der Waals surface area contributed by atoms with E-state index in [0.717, 1.165) is 25.9 Å². The third-order valence-corrected chi connectivity index (χ3v) is 3.75. The molecule has 0 aromatic heterocycles. The van der Waals surface area contributed by atoms with E-state index >= 15 is 0 Å². The normalized spacial score (nSPS) is 18.7. The molecule has 1 aliphatic rings. The number of anilines is 1. The van der Waals surface area contributed by atoms with E-state index in [-0.39, 0.29) is 11.7 Å². The number of nitrogens with one attached hydrogen (secondary N) is 1. The Bertz CT molecular complexity index is 461. The van der Waals surface area contributed by atoms with Gasteiger partial charge in [-0.05, 0) is 31.4 Å². The maximum absolute atomic E-state index is 13.8. The first kappa shape index (κ1) is 13.8. The average Bonchev–Trinajstić information content (AvgIpc) is 2.89. The lowest BCUT2D eigenvalue weighted by Gasteiger charge is -2.19. The van der Waals surface area contributed by atoms with E-state index in [1.165, 1.54) is 6.07 Å². The molecule has 3 nitrogen and oxygen atoms in total. The van der Waals surface area contributed by atoms with Gasteiger partial charge in [0.15, 0.2) is 0 Å². The predicted octanol–water partition coefficient (Wildman–Crippen LogP) is 3.13. The van der Waals surface area contributed by atoms with Crippen molar-refractivity contribution in [2.24, 2.45) is 5.92 Å². The summed E-state index contributed by atoms with van der Waals surface area (Å²) in [4.78, 5) is 14.3.